The fourth-order valence-electron chi connectivity index (χ4n) is 3.42. The van der Waals surface area contributed by atoms with E-state index in [0.29, 0.717) is 22.8 Å². The van der Waals surface area contributed by atoms with Crippen LogP contribution in [0.1, 0.15) is 38.3 Å². The summed E-state index contributed by atoms with van der Waals surface area (Å²) in [5, 5.41) is 0. The van der Waals surface area contributed by atoms with Crippen molar-refractivity contribution in [3.63, 3.8) is 0 Å². The van der Waals surface area contributed by atoms with E-state index < -0.39 is 5.82 Å². The zero-order valence-corrected chi connectivity index (χ0v) is 15.8. The molecule has 2 heterocycles. The summed E-state index contributed by atoms with van der Waals surface area (Å²) < 4.78 is 27.0. The Morgan fingerprint density at radius 1 is 1.15 bits per heavy atom. The Labute approximate surface area is 152 Å². The highest BCUT2D eigenvalue weighted by atomic mass is 19.1. The number of pyridine rings is 1. The normalized spacial score (nSPS) is 11.3. The van der Waals surface area contributed by atoms with Gasteiger partial charge in [-0.15, -0.1) is 0 Å². The first-order chi connectivity index (χ1) is 12.5. The summed E-state index contributed by atoms with van der Waals surface area (Å²) in [6.45, 7) is 6.20. The van der Waals surface area contributed by atoms with Crippen LogP contribution >= 0.6 is 0 Å². The molecule has 2 aromatic heterocycles. The number of benzene rings is 1. The number of hydrogen-bond acceptors (Lipinski definition) is 4. The molecule has 26 heavy (non-hydrogen) atoms. The van der Waals surface area contributed by atoms with Crippen molar-refractivity contribution in [1.82, 2.24) is 14.5 Å². The molecule has 0 unspecified atom stereocenters. The molecule has 5 nitrogen and oxygen atoms in total. The summed E-state index contributed by atoms with van der Waals surface area (Å²) in [4.78, 5) is 9.16. The van der Waals surface area contributed by atoms with Gasteiger partial charge in [0.05, 0.1) is 25.4 Å². The monoisotopic (exact) mass is 357 g/mol. The molecule has 1 aromatic carbocycles. The molecule has 0 bridgehead atoms. The van der Waals surface area contributed by atoms with Gasteiger partial charge < -0.3 is 9.47 Å². The first kappa shape index (κ1) is 18.2. The van der Waals surface area contributed by atoms with Crippen LogP contribution in [0.2, 0.25) is 0 Å². The lowest BCUT2D eigenvalue weighted by Crippen LogP contribution is -2.08. The number of aromatic nitrogens is 3. The summed E-state index contributed by atoms with van der Waals surface area (Å²) in [6, 6.07) is 5.90. The van der Waals surface area contributed by atoms with E-state index in [1.54, 1.807) is 19.4 Å². The second-order valence-corrected chi connectivity index (χ2v) is 6.27. The van der Waals surface area contributed by atoms with E-state index in [-0.39, 0.29) is 11.8 Å². The minimum atomic E-state index is -0.418. The van der Waals surface area contributed by atoms with Crippen molar-refractivity contribution in [2.24, 2.45) is 0 Å². The van der Waals surface area contributed by atoms with E-state index >= 15 is 0 Å². The molecule has 0 aliphatic rings. The average molecular weight is 357 g/mol. The third kappa shape index (κ3) is 2.89. The highest BCUT2D eigenvalue weighted by Crippen LogP contribution is 2.36. The van der Waals surface area contributed by atoms with Crippen LogP contribution in [-0.4, -0.2) is 28.8 Å². The summed E-state index contributed by atoms with van der Waals surface area (Å²) in [5.74, 6) is -0.197. The Morgan fingerprint density at radius 2 is 1.88 bits per heavy atom. The van der Waals surface area contributed by atoms with E-state index in [0.717, 1.165) is 23.9 Å². The molecule has 138 valence electrons. The second-order valence-electron chi connectivity index (χ2n) is 6.27. The summed E-state index contributed by atoms with van der Waals surface area (Å²) in [5.41, 5.74) is 3.87. The number of aryl methyl sites for hydroxylation is 1. The molecule has 3 rings (SSSR count). The van der Waals surface area contributed by atoms with E-state index in [1.165, 1.54) is 13.2 Å². The molecule has 0 aliphatic heterocycles. The van der Waals surface area contributed by atoms with Crippen molar-refractivity contribution in [3.05, 3.63) is 35.8 Å². The lowest BCUT2D eigenvalue weighted by Gasteiger charge is -2.17. The number of halogens is 1. The SMILES string of the molecule is CCC(CC)n1c(OC)nc2c(-c3cc(F)c(OC)cc3C)nccc21. The molecule has 0 aliphatic carbocycles. The molecule has 0 saturated carbocycles. The maximum absolute atomic E-state index is 14.3. The topological polar surface area (TPSA) is 49.2 Å². The summed E-state index contributed by atoms with van der Waals surface area (Å²) in [7, 11) is 3.07. The van der Waals surface area contributed by atoms with Crippen molar-refractivity contribution in [2.45, 2.75) is 39.7 Å². The molecular formula is C20H24FN3O2. The van der Waals surface area contributed by atoms with Gasteiger partial charge in [-0.05, 0) is 43.5 Å². The second kappa shape index (κ2) is 7.32. The lowest BCUT2D eigenvalue weighted by molar-refractivity contribution is 0.333. The van der Waals surface area contributed by atoms with Crippen LogP contribution in [0.15, 0.2) is 24.4 Å². The molecule has 0 saturated heterocycles. The van der Waals surface area contributed by atoms with Gasteiger partial charge in [0.25, 0.3) is 6.01 Å². The zero-order valence-electron chi connectivity index (χ0n) is 15.8. The molecule has 0 fully saturated rings. The Balaban J connectivity index is 2.28. The number of hydrogen-bond donors (Lipinski definition) is 0. The number of imidazole rings is 1. The summed E-state index contributed by atoms with van der Waals surface area (Å²) in [6.07, 6.45) is 3.66. The van der Waals surface area contributed by atoms with Crippen LogP contribution in [0.5, 0.6) is 11.8 Å². The zero-order chi connectivity index (χ0) is 18.8. The molecular weight excluding hydrogens is 333 g/mol. The van der Waals surface area contributed by atoms with Gasteiger partial charge in [0, 0.05) is 17.8 Å². The predicted octanol–water partition coefficient (Wildman–Crippen LogP) is 4.92. The van der Waals surface area contributed by atoms with Crippen molar-refractivity contribution >= 4 is 11.0 Å². The molecule has 0 atom stereocenters. The fourth-order valence-corrected chi connectivity index (χ4v) is 3.42. The van der Waals surface area contributed by atoms with Gasteiger partial charge in [-0.1, -0.05) is 13.8 Å². The van der Waals surface area contributed by atoms with Crippen LogP contribution < -0.4 is 9.47 Å². The minimum Gasteiger partial charge on any atom is -0.494 e. The van der Waals surface area contributed by atoms with Gasteiger partial charge in [0.15, 0.2) is 11.6 Å². The van der Waals surface area contributed by atoms with Gasteiger partial charge in [-0.25, -0.2) is 4.39 Å². The van der Waals surface area contributed by atoms with Gasteiger partial charge in [-0.3, -0.25) is 9.55 Å². The highest BCUT2D eigenvalue weighted by Gasteiger charge is 2.21. The van der Waals surface area contributed by atoms with E-state index in [9.17, 15) is 4.39 Å². The molecule has 0 N–H and O–H groups in total. The average Bonchev–Trinajstić information content (AvgIpc) is 3.03. The van der Waals surface area contributed by atoms with E-state index in [2.05, 4.69) is 28.4 Å². The van der Waals surface area contributed by atoms with Gasteiger partial charge in [0.2, 0.25) is 0 Å². The molecule has 3 aromatic rings. The number of nitrogens with zero attached hydrogens (tertiary/aromatic N) is 3. The van der Waals surface area contributed by atoms with Crippen molar-refractivity contribution in [2.75, 3.05) is 14.2 Å². The maximum Gasteiger partial charge on any atom is 0.297 e. The number of methoxy groups -OCH3 is 2. The quantitative estimate of drug-likeness (QED) is 0.628. The van der Waals surface area contributed by atoms with Crippen molar-refractivity contribution < 1.29 is 13.9 Å². The Bertz CT molecular complexity index is 932. The largest absolute Gasteiger partial charge is 0.494 e. The van der Waals surface area contributed by atoms with Gasteiger partial charge >= 0.3 is 0 Å². The van der Waals surface area contributed by atoms with Crippen LogP contribution in [0, 0.1) is 12.7 Å². The van der Waals surface area contributed by atoms with Crippen LogP contribution in [0.25, 0.3) is 22.3 Å². The number of fused-ring (bicyclic) bond motifs is 1. The predicted molar refractivity (Wildman–Crippen MR) is 100 cm³/mol. The first-order valence-electron chi connectivity index (χ1n) is 8.81. The maximum atomic E-state index is 14.3. The molecule has 0 radical (unpaired) electrons. The third-order valence-electron chi connectivity index (χ3n) is 4.82. The van der Waals surface area contributed by atoms with Crippen LogP contribution in [-0.2, 0) is 0 Å². The Hall–Kier alpha value is -2.63. The van der Waals surface area contributed by atoms with Crippen molar-refractivity contribution in [3.8, 4) is 23.0 Å². The first-order valence-corrected chi connectivity index (χ1v) is 8.81. The summed E-state index contributed by atoms with van der Waals surface area (Å²) >= 11 is 0. The standard InChI is InChI=1S/C20H24FN3O2/c1-6-13(7-2)24-16-8-9-22-18(19(16)23-20(24)26-5)14-11-15(21)17(25-4)10-12(14)3/h8-11,13H,6-7H2,1-5H3. The number of ether oxygens (including phenoxy) is 2. The molecule has 6 heteroatoms. The fraction of sp³-hybridized carbons (Fsp3) is 0.400. The van der Waals surface area contributed by atoms with Crippen molar-refractivity contribution in [1.29, 1.82) is 0 Å². The highest BCUT2D eigenvalue weighted by molar-refractivity contribution is 5.91. The Kier molecular flexibility index (Phi) is 5.11. The van der Waals surface area contributed by atoms with Crippen LogP contribution in [0.4, 0.5) is 4.39 Å². The lowest BCUT2D eigenvalue weighted by atomic mass is 10.0. The Morgan fingerprint density at radius 3 is 2.50 bits per heavy atom. The van der Waals surface area contributed by atoms with Gasteiger partial charge in [-0.2, -0.15) is 4.98 Å². The van der Waals surface area contributed by atoms with E-state index in [1.807, 2.05) is 13.0 Å². The molecule has 0 spiro atoms. The minimum absolute atomic E-state index is 0.221. The smallest absolute Gasteiger partial charge is 0.297 e. The third-order valence-corrected chi connectivity index (χ3v) is 4.82. The van der Waals surface area contributed by atoms with Gasteiger partial charge in [0.1, 0.15) is 5.52 Å². The number of rotatable bonds is 6. The van der Waals surface area contributed by atoms with Crippen LogP contribution in [0.3, 0.4) is 0 Å². The molecule has 0 amide bonds. The van der Waals surface area contributed by atoms with E-state index in [4.69, 9.17) is 9.47 Å².